The van der Waals surface area contributed by atoms with Gasteiger partial charge in [0.15, 0.2) is 23.1 Å². The Balaban J connectivity index is 1.49. The minimum Gasteiger partial charge on any atom is -0.334 e. The van der Waals surface area contributed by atoms with Gasteiger partial charge in [-0.3, -0.25) is 19.2 Å². The maximum Gasteiger partial charge on any atom is 0.186 e. The second-order valence-corrected chi connectivity index (χ2v) is 51.3. The molecule has 8 aromatic rings. The molecule has 124 heavy (non-hydrogen) atoms. The molecule has 0 radical (unpaired) electrons. The second kappa shape index (κ2) is 35.1. The Morgan fingerprint density at radius 3 is 0.411 bits per heavy atom. The summed E-state index contributed by atoms with van der Waals surface area (Å²) in [6.07, 6.45) is 17.1. The summed E-state index contributed by atoms with van der Waals surface area (Å²) in [7, 11) is 0. The molecule has 5 heterocycles. The number of Topliss-reactive ketones (excluding diaryl/α,β-unsaturated/α-hetero) is 4. The molecule has 0 amide bonds. The molecule has 0 spiro atoms. The highest BCUT2D eigenvalue weighted by Gasteiger charge is 2.46. The molecule has 4 aromatic carbocycles. The molecule has 4 aliphatic carbocycles. The highest BCUT2D eigenvalue weighted by atomic mass is 79.9. The number of ketones is 4. The first kappa shape index (κ1) is 96.9. The molecule has 8 bridgehead atoms. The SMILES string of the molecule is CC(C)(C)C1=CC(=C2c3c(Br)c(Br)c(n3Cc3ccc(Br)cc3)C(=C3C=C(C(C)(C)C)C(=O)C(C(C)(C)C)=C3)c3c(Br)c(Br)c(n3Cc3ccc(Br)cc3)C(=C3C=C(C(C)(C)C)C(=O)C(C(C)(C)C)=C3)c3c(Br)c(Br)c(n3Cc3ccc(Br)cc3)C(=C3C=C(C(C)(C)C)C(=O)C(C(C)(C)C)=C3)c3c(Br)c(Br)c2n3Cc2ccc(Br)cc2)C=C(C(C)(C)C)C1=O. The summed E-state index contributed by atoms with van der Waals surface area (Å²) in [5.41, 5.74) is 15.6. The lowest BCUT2D eigenvalue weighted by atomic mass is 9.71. The molecule has 4 aromatic heterocycles. The van der Waals surface area contributed by atoms with E-state index in [-0.39, 0.29) is 49.3 Å². The van der Waals surface area contributed by atoms with Crippen LogP contribution in [-0.4, -0.2) is 41.4 Å². The van der Waals surface area contributed by atoms with E-state index in [0.29, 0.717) is 80.4 Å². The normalized spacial score (nSPS) is 16.4. The van der Waals surface area contributed by atoms with Crippen LogP contribution in [-0.2, 0) is 45.4 Å². The summed E-state index contributed by atoms with van der Waals surface area (Å²) in [5.74, 6) is -0.117. The van der Waals surface area contributed by atoms with Crippen molar-refractivity contribution in [2.24, 2.45) is 43.3 Å². The van der Waals surface area contributed by atoms with Crippen molar-refractivity contribution < 1.29 is 19.2 Å². The monoisotopic (exact) mass is 2420 g/mol. The van der Waals surface area contributed by atoms with E-state index in [2.05, 4.69) is 521 Å². The summed E-state index contributed by atoms with van der Waals surface area (Å²) >= 11 is 52.5. The van der Waals surface area contributed by atoms with Gasteiger partial charge < -0.3 is 18.3 Å². The van der Waals surface area contributed by atoms with Crippen molar-refractivity contribution in [2.45, 2.75) is 192 Å². The Labute approximate surface area is 834 Å². The van der Waals surface area contributed by atoms with Crippen LogP contribution in [0.3, 0.4) is 0 Å². The molecule has 13 rings (SSSR count). The number of hydrogen-bond acceptors (Lipinski definition) is 4. The number of fused-ring (bicyclic) bond motifs is 8. The molecule has 648 valence electrons. The zero-order valence-corrected chi connectivity index (χ0v) is 93.7. The van der Waals surface area contributed by atoms with Crippen LogP contribution in [0.4, 0.5) is 0 Å². The van der Waals surface area contributed by atoms with Gasteiger partial charge in [0.1, 0.15) is 0 Å². The number of hydrogen-bond donors (Lipinski definition) is 0. The van der Waals surface area contributed by atoms with Crippen molar-refractivity contribution in [1.29, 1.82) is 0 Å². The first-order chi connectivity index (χ1) is 57.2. The summed E-state index contributed by atoms with van der Waals surface area (Å²) in [4.78, 5) is 64.1. The molecule has 20 heteroatoms. The molecule has 5 aliphatic rings. The largest absolute Gasteiger partial charge is 0.334 e. The van der Waals surface area contributed by atoms with Gasteiger partial charge in [-0.15, -0.1) is 0 Å². The van der Waals surface area contributed by atoms with Crippen molar-refractivity contribution in [3.63, 3.8) is 0 Å². The van der Waals surface area contributed by atoms with Gasteiger partial charge in [-0.25, -0.2) is 0 Å². The number of carbonyl (C=O) groups excluding carboxylic acids is 4. The van der Waals surface area contributed by atoms with Crippen molar-refractivity contribution in [2.75, 3.05) is 0 Å². The highest BCUT2D eigenvalue weighted by Crippen LogP contribution is 2.60. The van der Waals surface area contributed by atoms with E-state index in [1.807, 2.05) is 0 Å². The number of carbonyl (C=O) groups is 4. The minimum atomic E-state index is -0.685. The van der Waals surface area contributed by atoms with Crippen LogP contribution in [0.5, 0.6) is 0 Å². The molecule has 0 N–H and O–H groups in total. The maximum atomic E-state index is 16.0. The number of halogens is 12. The van der Waals surface area contributed by atoms with Crippen LogP contribution in [0.25, 0.3) is 22.3 Å². The first-order valence-corrected chi connectivity index (χ1v) is 51.0. The van der Waals surface area contributed by atoms with Crippen molar-refractivity contribution in [3.05, 3.63) is 334 Å². The fourth-order valence-electron chi connectivity index (χ4n) is 17.0. The number of rotatable bonds is 8. The van der Waals surface area contributed by atoms with Crippen LogP contribution in [0, 0.1) is 43.3 Å². The van der Waals surface area contributed by atoms with Crippen molar-refractivity contribution in [3.8, 4) is 0 Å². The van der Waals surface area contributed by atoms with Gasteiger partial charge in [-0.2, -0.15) is 0 Å². The van der Waals surface area contributed by atoms with Gasteiger partial charge >= 0.3 is 0 Å². The lowest BCUT2D eigenvalue weighted by molar-refractivity contribution is -0.114. The Kier molecular flexibility index (Phi) is 27.4. The highest BCUT2D eigenvalue weighted by molar-refractivity contribution is 9.14. The maximum absolute atomic E-state index is 16.0. The Hall–Kier alpha value is -4.68. The third-order valence-electron chi connectivity index (χ3n) is 23.5. The summed E-state index contributed by atoms with van der Waals surface area (Å²) in [6.45, 7) is 52.0. The standard InChI is InChI=1S/C104H104Br12N4O4/c1-97(2,3)65-41-57(42-66(93(65)121)98(4,5)6)73-85-77(109)79(111)87(117(85)49-53-25-33-61(105)34-26-53)74(58-43-67(99(7,8)9)94(122)68(44-58)100(10,11)12)89-81(113)83(115)91(119(89)51-55-29-37-63(107)38-30-55)76(60-47-71(103(19,20)21)96(124)72(48-60)104(22,23)24)92-84(116)82(114)90(120(92)52-56-31-39-64(108)40-32-56)75(59-45-69(101(13,14)15)95(123)70(46-59)102(16,17)18)88-80(112)78(110)86(73)118(88)50-54-27-35-62(106)36-28-54/h25-48H,49-52H2,1-24H3. The zero-order chi connectivity index (χ0) is 91.5. The minimum absolute atomic E-state index is 0.0293. The molecular formula is C104H104Br12N4O4. The number of benzene rings is 4. The van der Waals surface area contributed by atoms with E-state index in [1.54, 1.807) is 0 Å². The van der Waals surface area contributed by atoms with E-state index in [1.165, 1.54) is 0 Å². The van der Waals surface area contributed by atoms with Gasteiger partial charge in [-0.1, -0.05) is 278 Å². The van der Waals surface area contributed by atoms with E-state index < -0.39 is 43.3 Å². The summed E-state index contributed by atoms with van der Waals surface area (Å²) in [6, 6.07) is 34.1. The average molecular weight is 2430 g/mol. The summed E-state index contributed by atoms with van der Waals surface area (Å²) in [5, 5.41) is 0. The predicted octanol–water partition coefficient (Wildman–Crippen LogP) is 33.9. The van der Waals surface area contributed by atoms with E-state index in [0.717, 1.165) is 130 Å². The number of nitrogens with zero attached hydrogens (tertiary/aromatic N) is 4. The lowest BCUT2D eigenvalue weighted by Crippen LogP contribution is -2.28. The van der Waals surface area contributed by atoms with Gasteiger partial charge in [0.05, 0.1) is 81.3 Å². The van der Waals surface area contributed by atoms with Gasteiger partial charge in [0, 0.05) is 111 Å². The van der Waals surface area contributed by atoms with Gasteiger partial charge in [0.2, 0.25) is 0 Å². The molecule has 1 aliphatic heterocycles. The molecule has 0 saturated heterocycles. The Morgan fingerprint density at radius 2 is 0.306 bits per heavy atom. The zero-order valence-electron chi connectivity index (χ0n) is 74.6. The molecule has 8 nitrogen and oxygen atoms in total. The number of allylic oxidation sites excluding steroid dienone is 20. The summed E-state index contributed by atoms with van der Waals surface area (Å²) < 4.78 is 19.0. The Morgan fingerprint density at radius 1 is 0.194 bits per heavy atom. The quantitative estimate of drug-likeness (QED) is 0.152. The van der Waals surface area contributed by atoms with Crippen LogP contribution < -0.4 is 0 Å². The van der Waals surface area contributed by atoms with Gasteiger partial charge in [0.25, 0.3) is 0 Å². The van der Waals surface area contributed by atoms with E-state index in [9.17, 15) is 0 Å². The smallest absolute Gasteiger partial charge is 0.186 e. The molecule has 0 fully saturated rings. The first-order valence-electron chi connectivity index (χ1n) is 41.5. The fourth-order valence-corrected chi connectivity index (χ4v) is 22.9. The van der Waals surface area contributed by atoms with Crippen LogP contribution in [0.15, 0.2) is 266 Å². The predicted molar refractivity (Wildman–Crippen MR) is 557 cm³/mol. The Bertz CT molecular complexity index is 5280. The van der Waals surface area contributed by atoms with Crippen LogP contribution >= 0.6 is 191 Å². The third kappa shape index (κ3) is 18.7. The molecule has 0 atom stereocenters. The fraction of sp³-hybridized carbons (Fsp3) is 0.346. The van der Waals surface area contributed by atoms with E-state index >= 15 is 19.2 Å². The molecule has 0 unspecified atom stereocenters. The molecule has 0 saturated carbocycles. The topological polar surface area (TPSA) is 88.0 Å². The van der Waals surface area contributed by atoms with Crippen LogP contribution in [0.2, 0.25) is 0 Å². The third-order valence-corrected chi connectivity index (χ3v) is 33.9. The number of aromatic nitrogens is 4. The van der Waals surface area contributed by atoms with E-state index in [4.69, 9.17) is 0 Å². The van der Waals surface area contributed by atoms with Crippen molar-refractivity contribution >= 4 is 237 Å². The molecular weight excluding hydrogens is 2330 g/mol. The van der Waals surface area contributed by atoms with Crippen LogP contribution in [0.1, 0.15) is 234 Å². The average Bonchev–Trinajstić information content (AvgIpc) is 1.54. The van der Waals surface area contributed by atoms with Gasteiger partial charge in [-0.05, 0) is 312 Å². The van der Waals surface area contributed by atoms with Crippen molar-refractivity contribution in [1.82, 2.24) is 18.3 Å². The second-order valence-electron chi connectivity index (χ2n) is 41.3. The lowest BCUT2D eigenvalue weighted by Gasteiger charge is -2.33.